The summed E-state index contributed by atoms with van der Waals surface area (Å²) in [5.74, 6) is 1.12. The van der Waals surface area contributed by atoms with Crippen molar-refractivity contribution in [2.75, 3.05) is 11.3 Å². The van der Waals surface area contributed by atoms with E-state index in [-0.39, 0.29) is 5.92 Å². The Morgan fingerprint density at radius 1 is 1.06 bits per heavy atom. The molecule has 1 unspecified atom stereocenters. The lowest BCUT2D eigenvalue weighted by Crippen LogP contribution is -2.17. The number of anilines is 1. The first-order chi connectivity index (χ1) is 16.8. The van der Waals surface area contributed by atoms with Crippen LogP contribution in [0, 0.1) is 6.92 Å². The third-order valence-electron chi connectivity index (χ3n) is 5.93. The fraction of sp³-hybridized carbons (Fsp3) is 0.240. The van der Waals surface area contributed by atoms with E-state index in [9.17, 15) is 13.2 Å². The highest BCUT2D eigenvalue weighted by atomic mass is 32.2. The highest BCUT2D eigenvalue weighted by Crippen LogP contribution is 2.44. The van der Waals surface area contributed by atoms with Crippen LogP contribution in [0.5, 0.6) is 5.75 Å². The molecule has 1 aliphatic rings. The predicted octanol–water partition coefficient (Wildman–Crippen LogP) is 6.24. The summed E-state index contributed by atoms with van der Waals surface area (Å²) in [6, 6.07) is 13.4. The number of fused-ring (bicyclic) bond motifs is 1. The Hall–Kier alpha value is -3.53. The van der Waals surface area contributed by atoms with Crippen molar-refractivity contribution >= 4 is 17.9 Å². The van der Waals surface area contributed by atoms with Gasteiger partial charge in [0.2, 0.25) is 5.95 Å². The van der Waals surface area contributed by atoms with E-state index in [1.165, 1.54) is 18.0 Å². The van der Waals surface area contributed by atoms with Gasteiger partial charge in [-0.05, 0) is 67.3 Å². The minimum absolute atomic E-state index is 0.113. The molecule has 0 aliphatic carbocycles. The second-order valence-electron chi connectivity index (χ2n) is 8.25. The van der Waals surface area contributed by atoms with Crippen molar-refractivity contribution in [3.05, 3.63) is 83.3 Å². The van der Waals surface area contributed by atoms with Crippen LogP contribution in [0.15, 0.2) is 65.8 Å². The van der Waals surface area contributed by atoms with Crippen LogP contribution in [-0.4, -0.2) is 26.4 Å². The molecule has 2 aromatic carbocycles. The lowest BCUT2D eigenvalue weighted by atomic mass is 9.83. The summed E-state index contributed by atoms with van der Waals surface area (Å²) < 4.78 is 51.2. The van der Waals surface area contributed by atoms with E-state index in [0.29, 0.717) is 36.0 Å². The molecule has 0 radical (unpaired) electrons. The lowest BCUT2D eigenvalue weighted by molar-refractivity contribution is -0.137. The Balaban J connectivity index is 1.49. The third-order valence-corrected chi connectivity index (χ3v) is 6.71. The van der Waals surface area contributed by atoms with E-state index in [1.54, 1.807) is 36.3 Å². The summed E-state index contributed by atoms with van der Waals surface area (Å²) in [5, 5.41) is 4.17. The molecule has 35 heavy (non-hydrogen) atoms. The van der Waals surface area contributed by atoms with Gasteiger partial charge in [0.25, 0.3) is 0 Å². The molecule has 2 aromatic heterocycles. The molecule has 0 fully saturated rings. The summed E-state index contributed by atoms with van der Waals surface area (Å²) >= 11 is 1.37. The number of nitrogens with one attached hydrogen (secondary N) is 1. The van der Waals surface area contributed by atoms with Crippen LogP contribution in [0.3, 0.4) is 0 Å². The Labute approximate surface area is 204 Å². The minimum Gasteiger partial charge on any atom is -0.493 e. The molecule has 0 bridgehead atoms. The van der Waals surface area contributed by atoms with Crippen LogP contribution in [-0.2, 0) is 13.2 Å². The Bertz CT molecular complexity index is 1370. The van der Waals surface area contributed by atoms with Crippen molar-refractivity contribution in [1.29, 1.82) is 0 Å². The molecule has 1 N–H and O–H groups in total. The third kappa shape index (κ3) is 4.84. The smallest absolute Gasteiger partial charge is 0.416 e. The number of nitrogens with zero attached hydrogens (tertiary/aromatic N) is 4. The average molecular weight is 498 g/mol. The molecular formula is C25H22F3N5OS. The zero-order valence-electron chi connectivity index (χ0n) is 19.0. The van der Waals surface area contributed by atoms with Gasteiger partial charge in [-0.25, -0.2) is 9.97 Å². The van der Waals surface area contributed by atoms with Gasteiger partial charge in [0.1, 0.15) is 5.75 Å². The first kappa shape index (κ1) is 23.2. The van der Waals surface area contributed by atoms with Gasteiger partial charge in [-0.1, -0.05) is 12.1 Å². The summed E-state index contributed by atoms with van der Waals surface area (Å²) in [6.07, 6.45) is -0.494. The van der Waals surface area contributed by atoms with Gasteiger partial charge in [0.15, 0.2) is 0 Å². The maximum Gasteiger partial charge on any atom is 0.416 e. The molecule has 3 heterocycles. The van der Waals surface area contributed by atoms with E-state index in [1.807, 2.05) is 31.2 Å². The number of aryl methyl sites for hydroxylation is 2. The number of benzene rings is 2. The fourth-order valence-corrected chi connectivity index (χ4v) is 4.86. The van der Waals surface area contributed by atoms with E-state index in [2.05, 4.69) is 19.8 Å². The first-order valence-electron chi connectivity index (χ1n) is 11.0. The van der Waals surface area contributed by atoms with Gasteiger partial charge in [-0.3, -0.25) is 9.40 Å². The maximum atomic E-state index is 13.5. The molecule has 1 atom stereocenters. The number of aromatic nitrogens is 4. The van der Waals surface area contributed by atoms with Crippen molar-refractivity contribution in [2.24, 2.45) is 7.05 Å². The largest absolute Gasteiger partial charge is 0.493 e. The van der Waals surface area contributed by atoms with E-state index in [0.717, 1.165) is 27.8 Å². The van der Waals surface area contributed by atoms with Crippen LogP contribution in [0.4, 0.5) is 19.1 Å². The number of alkyl halides is 3. The first-order valence-corrected chi connectivity index (χ1v) is 11.8. The monoisotopic (exact) mass is 497 g/mol. The van der Waals surface area contributed by atoms with E-state index in [4.69, 9.17) is 4.74 Å². The second-order valence-corrected chi connectivity index (χ2v) is 9.13. The van der Waals surface area contributed by atoms with Crippen molar-refractivity contribution < 1.29 is 17.9 Å². The van der Waals surface area contributed by atoms with Crippen LogP contribution in [0.25, 0.3) is 11.3 Å². The molecule has 6 nitrogen and oxygen atoms in total. The number of hydrogen-bond donors (Lipinski definition) is 1. The highest BCUT2D eigenvalue weighted by Gasteiger charge is 2.33. The van der Waals surface area contributed by atoms with Gasteiger partial charge in [-0.15, -0.1) is 0 Å². The highest BCUT2D eigenvalue weighted by molar-refractivity contribution is 8.00. The summed E-state index contributed by atoms with van der Waals surface area (Å²) in [7, 11) is 1.73. The van der Waals surface area contributed by atoms with Gasteiger partial charge in [0.05, 0.1) is 17.9 Å². The SMILES string of the molecule is Cc1ccnc(NSc2ccc3c(c2)OCCC3c2ccc(C(F)(F)F)cc2-c2ccnn2C)n1. The van der Waals surface area contributed by atoms with Gasteiger partial charge < -0.3 is 4.74 Å². The number of rotatable bonds is 5. The Kier molecular flexibility index (Phi) is 6.14. The molecule has 0 spiro atoms. The predicted molar refractivity (Wildman–Crippen MR) is 128 cm³/mol. The van der Waals surface area contributed by atoms with Crippen molar-refractivity contribution in [3.63, 3.8) is 0 Å². The van der Waals surface area contributed by atoms with Crippen LogP contribution >= 0.6 is 11.9 Å². The molecule has 10 heteroatoms. The summed E-state index contributed by atoms with van der Waals surface area (Å²) in [6.45, 7) is 2.36. The van der Waals surface area contributed by atoms with Crippen molar-refractivity contribution in [3.8, 4) is 17.0 Å². The Morgan fingerprint density at radius 2 is 1.89 bits per heavy atom. The lowest BCUT2D eigenvalue weighted by Gasteiger charge is -2.28. The molecule has 5 rings (SSSR count). The van der Waals surface area contributed by atoms with E-state index < -0.39 is 11.7 Å². The fourth-order valence-electron chi connectivity index (χ4n) is 4.26. The topological polar surface area (TPSA) is 64.9 Å². The minimum atomic E-state index is -4.43. The number of halogens is 3. The van der Waals surface area contributed by atoms with Crippen LogP contribution < -0.4 is 9.46 Å². The molecular weight excluding hydrogens is 475 g/mol. The molecule has 0 saturated heterocycles. The van der Waals surface area contributed by atoms with Crippen molar-refractivity contribution in [2.45, 2.75) is 30.3 Å². The quantitative estimate of drug-likeness (QED) is 0.330. The van der Waals surface area contributed by atoms with Gasteiger partial charge in [-0.2, -0.15) is 18.3 Å². The molecule has 1 aliphatic heterocycles. The van der Waals surface area contributed by atoms with Crippen molar-refractivity contribution in [1.82, 2.24) is 19.7 Å². The zero-order valence-corrected chi connectivity index (χ0v) is 19.8. The van der Waals surface area contributed by atoms with Gasteiger partial charge >= 0.3 is 6.18 Å². The van der Waals surface area contributed by atoms with Gasteiger partial charge in [0, 0.05) is 47.1 Å². The second kappa shape index (κ2) is 9.26. The zero-order chi connectivity index (χ0) is 24.6. The van der Waals surface area contributed by atoms with Crippen LogP contribution in [0.1, 0.15) is 34.7 Å². The summed E-state index contributed by atoms with van der Waals surface area (Å²) in [5.41, 5.74) is 3.10. The molecule has 180 valence electrons. The van der Waals surface area contributed by atoms with E-state index >= 15 is 0 Å². The molecule has 0 saturated carbocycles. The standard InChI is InChI=1S/C25H22F3N5OS/c1-15-7-10-29-24(31-15)32-35-17-4-6-20-19(9-12-34-23(20)14-17)18-5-3-16(25(26,27)28)13-21(18)22-8-11-30-33(22)2/h3-8,10-11,13-14,19H,9,12H2,1-2H3,(H,29,31,32). The Morgan fingerprint density at radius 3 is 2.63 bits per heavy atom. The average Bonchev–Trinajstić information content (AvgIpc) is 3.27. The van der Waals surface area contributed by atoms with Crippen LogP contribution in [0.2, 0.25) is 0 Å². The molecule has 0 amide bonds. The number of ether oxygens (including phenoxy) is 1. The normalized spacial score (nSPS) is 15.4. The summed E-state index contributed by atoms with van der Waals surface area (Å²) in [4.78, 5) is 9.44. The maximum absolute atomic E-state index is 13.5. The number of hydrogen-bond acceptors (Lipinski definition) is 6. The molecule has 4 aromatic rings.